The fourth-order valence-corrected chi connectivity index (χ4v) is 2.21. The summed E-state index contributed by atoms with van der Waals surface area (Å²) in [5.41, 5.74) is 1.34. The third-order valence-electron chi connectivity index (χ3n) is 2.74. The van der Waals surface area contributed by atoms with Crippen LogP contribution in [0.2, 0.25) is 5.02 Å². The Bertz CT molecular complexity index is 575. The summed E-state index contributed by atoms with van der Waals surface area (Å²) >= 11 is 6.06. The van der Waals surface area contributed by atoms with Crippen LogP contribution in [-0.2, 0) is 0 Å². The van der Waals surface area contributed by atoms with Gasteiger partial charge < -0.3 is 5.32 Å². The van der Waals surface area contributed by atoms with Crippen molar-refractivity contribution in [2.24, 2.45) is 0 Å². The highest BCUT2D eigenvalue weighted by atomic mass is 35.5. The van der Waals surface area contributed by atoms with Crippen LogP contribution < -0.4 is 5.32 Å². The number of nitrogens with one attached hydrogen (secondary N) is 1. The van der Waals surface area contributed by atoms with Gasteiger partial charge in [-0.3, -0.25) is 4.98 Å². The van der Waals surface area contributed by atoms with Gasteiger partial charge >= 0.3 is 0 Å². The molecule has 0 aliphatic heterocycles. The Morgan fingerprint density at radius 2 is 2.00 bits per heavy atom. The molecule has 1 aromatic carbocycles. The first-order valence-electron chi connectivity index (χ1n) is 5.90. The van der Waals surface area contributed by atoms with E-state index in [0.29, 0.717) is 22.7 Å². The molecule has 0 saturated heterocycles. The summed E-state index contributed by atoms with van der Waals surface area (Å²) in [7, 11) is 0. The van der Waals surface area contributed by atoms with Crippen LogP contribution in [0.5, 0.6) is 0 Å². The van der Waals surface area contributed by atoms with Gasteiger partial charge in [0.1, 0.15) is 11.6 Å². The minimum Gasteiger partial charge on any atom is -0.306 e. The van der Waals surface area contributed by atoms with E-state index in [1.54, 1.807) is 12.3 Å². The molecular formula is C14H13ClF2N2. The van der Waals surface area contributed by atoms with Gasteiger partial charge in [-0.2, -0.15) is 0 Å². The lowest BCUT2D eigenvalue weighted by Crippen LogP contribution is -2.22. The van der Waals surface area contributed by atoms with Crippen molar-refractivity contribution in [2.45, 2.75) is 13.0 Å². The van der Waals surface area contributed by atoms with E-state index in [-0.39, 0.29) is 6.04 Å². The maximum absolute atomic E-state index is 13.3. The van der Waals surface area contributed by atoms with Gasteiger partial charge in [0.25, 0.3) is 0 Å². The van der Waals surface area contributed by atoms with Gasteiger partial charge in [0, 0.05) is 11.2 Å². The Labute approximate surface area is 115 Å². The van der Waals surface area contributed by atoms with E-state index in [2.05, 4.69) is 10.3 Å². The second kappa shape index (κ2) is 6.08. The van der Waals surface area contributed by atoms with Crippen LogP contribution in [0.15, 0.2) is 36.7 Å². The summed E-state index contributed by atoms with van der Waals surface area (Å²) < 4.78 is 26.4. The molecular weight excluding hydrogens is 270 g/mol. The Morgan fingerprint density at radius 1 is 1.21 bits per heavy atom. The molecule has 1 atom stereocenters. The molecule has 0 fully saturated rings. The Kier molecular flexibility index (Phi) is 4.45. The smallest absolute Gasteiger partial charge is 0.141 e. The third-order valence-corrected chi connectivity index (χ3v) is 3.07. The molecule has 19 heavy (non-hydrogen) atoms. The quantitative estimate of drug-likeness (QED) is 0.925. The van der Waals surface area contributed by atoms with E-state index in [4.69, 9.17) is 11.6 Å². The zero-order chi connectivity index (χ0) is 13.8. The number of hydrogen-bond acceptors (Lipinski definition) is 2. The first-order chi connectivity index (χ1) is 9.11. The predicted molar refractivity (Wildman–Crippen MR) is 71.1 cm³/mol. The maximum Gasteiger partial charge on any atom is 0.141 e. The molecule has 0 amide bonds. The number of rotatable bonds is 4. The van der Waals surface area contributed by atoms with Crippen molar-refractivity contribution in [1.29, 1.82) is 0 Å². The lowest BCUT2D eigenvalue weighted by molar-refractivity contribution is 0.593. The molecule has 0 radical (unpaired) electrons. The summed E-state index contributed by atoms with van der Waals surface area (Å²) in [6, 6.07) is 5.24. The van der Waals surface area contributed by atoms with Gasteiger partial charge in [-0.1, -0.05) is 24.6 Å². The lowest BCUT2D eigenvalue weighted by Gasteiger charge is -2.19. The molecule has 1 aromatic heterocycles. The summed E-state index contributed by atoms with van der Waals surface area (Å²) in [5, 5.41) is 3.49. The fraction of sp³-hybridized carbons (Fsp3) is 0.214. The van der Waals surface area contributed by atoms with Crippen molar-refractivity contribution < 1.29 is 8.78 Å². The van der Waals surface area contributed by atoms with Crippen molar-refractivity contribution in [3.05, 3.63) is 64.4 Å². The molecule has 0 bridgehead atoms. The average Bonchev–Trinajstić information content (AvgIpc) is 2.37. The molecule has 0 saturated carbocycles. The van der Waals surface area contributed by atoms with Crippen LogP contribution in [0.1, 0.15) is 24.1 Å². The second-order valence-electron chi connectivity index (χ2n) is 4.09. The lowest BCUT2D eigenvalue weighted by atomic mass is 10.00. The second-order valence-corrected chi connectivity index (χ2v) is 4.50. The van der Waals surface area contributed by atoms with Gasteiger partial charge in [0.2, 0.25) is 0 Å². The molecule has 1 heterocycles. The van der Waals surface area contributed by atoms with Crippen molar-refractivity contribution in [3.8, 4) is 0 Å². The summed E-state index contributed by atoms with van der Waals surface area (Å²) in [5.74, 6) is -0.819. The van der Waals surface area contributed by atoms with Gasteiger partial charge in [-0.15, -0.1) is 0 Å². The Balaban J connectivity index is 2.45. The number of halogens is 3. The van der Waals surface area contributed by atoms with Crippen LogP contribution in [-0.4, -0.2) is 11.5 Å². The highest BCUT2D eigenvalue weighted by Gasteiger charge is 2.17. The minimum atomic E-state index is -0.418. The monoisotopic (exact) mass is 282 g/mol. The average molecular weight is 283 g/mol. The number of hydrogen-bond donors (Lipinski definition) is 1. The Morgan fingerprint density at radius 3 is 2.63 bits per heavy atom. The summed E-state index contributed by atoms with van der Waals surface area (Å²) in [6.45, 7) is 2.59. The predicted octanol–water partition coefficient (Wildman–Crippen LogP) is 3.71. The molecule has 0 aliphatic rings. The van der Waals surface area contributed by atoms with Crippen LogP contribution in [0.25, 0.3) is 0 Å². The molecule has 0 aliphatic carbocycles. The number of aromatic nitrogens is 1. The topological polar surface area (TPSA) is 24.9 Å². The normalized spacial score (nSPS) is 12.4. The van der Waals surface area contributed by atoms with Crippen LogP contribution in [0.3, 0.4) is 0 Å². The summed E-state index contributed by atoms with van der Waals surface area (Å²) in [4.78, 5) is 3.83. The molecule has 100 valence electrons. The minimum absolute atomic E-state index is 0.301. The van der Waals surface area contributed by atoms with Crippen LogP contribution >= 0.6 is 11.6 Å². The largest absolute Gasteiger partial charge is 0.306 e. The molecule has 2 aromatic rings. The standard InChI is InChI=1S/C14H13ClF2N2/c1-2-19-14(9-5-11(17)8-18-7-9)12-4-3-10(16)6-13(12)15/h3-8,14,19H,2H2,1H3. The zero-order valence-electron chi connectivity index (χ0n) is 10.3. The fourth-order valence-electron chi connectivity index (χ4n) is 1.93. The first-order valence-corrected chi connectivity index (χ1v) is 6.28. The van der Waals surface area contributed by atoms with Crippen molar-refractivity contribution in [2.75, 3.05) is 6.54 Å². The molecule has 5 heteroatoms. The third kappa shape index (κ3) is 3.28. The Hall–Kier alpha value is -1.52. The molecule has 2 nitrogen and oxygen atoms in total. The summed E-state index contributed by atoms with van der Waals surface area (Å²) in [6.07, 6.45) is 2.70. The van der Waals surface area contributed by atoms with E-state index < -0.39 is 11.6 Å². The van der Waals surface area contributed by atoms with Crippen molar-refractivity contribution >= 4 is 11.6 Å². The molecule has 1 N–H and O–H groups in total. The number of benzene rings is 1. The van der Waals surface area contributed by atoms with Gasteiger partial charge in [-0.05, 0) is 35.9 Å². The van der Waals surface area contributed by atoms with Crippen molar-refractivity contribution in [3.63, 3.8) is 0 Å². The van der Waals surface area contributed by atoms with Crippen LogP contribution in [0.4, 0.5) is 8.78 Å². The highest BCUT2D eigenvalue weighted by Crippen LogP contribution is 2.28. The zero-order valence-corrected chi connectivity index (χ0v) is 11.1. The molecule has 0 spiro atoms. The number of pyridine rings is 1. The van der Waals surface area contributed by atoms with Crippen molar-refractivity contribution in [1.82, 2.24) is 10.3 Å². The highest BCUT2D eigenvalue weighted by molar-refractivity contribution is 6.31. The van der Waals surface area contributed by atoms with E-state index in [1.807, 2.05) is 6.92 Å². The van der Waals surface area contributed by atoms with Crippen LogP contribution in [0, 0.1) is 11.6 Å². The SMILES string of the molecule is CCNC(c1cncc(F)c1)c1ccc(F)cc1Cl. The van der Waals surface area contributed by atoms with Gasteiger partial charge in [-0.25, -0.2) is 8.78 Å². The molecule has 2 rings (SSSR count). The van der Waals surface area contributed by atoms with E-state index in [9.17, 15) is 8.78 Å². The van der Waals surface area contributed by atoms with Gasteiger partial charge in [0.15, 0.2) is 0 Å². The van der Waals surface area contributed by atoms with E-state index >= 15 is 0 Å². The van der Waals surface area contributed by atoms with E-state index in [1.165, 1.54) is 18.2 Å². The number of nitrogens with zero attached hydrogens (tertiary/aromatic N) is 1. The van der Waals surface area contributed by atoms with Gasteiger partial charge in [0.05, 0.1) is 12.2 Å². The first kappa shape index (κ1) is 13.9. The maximum atomic E-state index is 13.3. The molecule has 1 unspecified atom stereocenters. The van der Waals surface area contributed by atoms with E-state index in [0.717, 1.165) is 6.20 Å².